The zero-order valence-corrected chi connectivity index (χ0v) is 11.2. The van der Waals surface area contributed by atoms with Crippen LogP contribution in [0.4, 0.5) is 0 Å². The molecular formula is C11H12N4OS2. The molecule has 0 saturated heterocycles. The Bertz CT molecular complexity index is 487. The van der Waals surface area contributed by atoms with Gasteiger partial charge in [0.1, 0.15) is 0 Å². The number of hydrogen-bond acceptors (Lipinski definition) is 6. The van der Waals surface area contributed by atoms with E-state index in [1.54, 1.807) is 18.6 Å². The highest BCUT2D eigenvalue weighted by molar-refractivity contribution is 8.14. The first-order valence-electron chi connectivity index (χ1n) is 5.26. The molecule has 94 valence electrons. The minimum atomic E-state index is -0.130. The van der Waals surface area contributed by atoms with Gasteiger partial charge in [-0.1, -0.05) is 24.6 Å². The summed E-state index contributed by atoms with van der Waals surface area (Å²) < 4.78 is 2.28. The first kappa shape index (κ1) is 13.0. The van der Waals surface area contributed by atoms with Gasteiger partial charge in [0.05, 0.1) is 29.2 Å². The van der Waals surface area contributed by atoms with Crippen molar-refractivity contribution in [2.24, 2.45) is 4.99 Å². The fourth-order valence-corrected chi connectivity index (χ4v) is 2.23. The number of thiol groups is 1. The average molecular weight is 280 g/mol. The molecule has 1 amide bonds. The van der Waals surface area contributed by atoms with Crippen molar-refractivity contribution in [2.45, 2.75) is 0 Å². The summed E-state index contributed by atoms with van der Waals surface area (Å²) in [6.07, 6.45) is 5.24. The van der Waals surface area contributed by atoms with Crippen molar-refractivity contribution in [2.75, 3.05) is 12.3 Å². The fourth-order valence-electron chi connectivity index (χ4n) is 1.38. The molecule has 0 spiro atoms. The van der Waals surface area contributed by atoms with Gasteiger partial charge in [-0.15, -0.1) is 0 Å². The van der Waals surface area contributed by atoms with Crippen molar-refractivity contribution in [3.8, 4) is 0 Å². The summed E-state index contributed by atoms with van der Waals surface area (Å²) in [5, 5.41) is 4.14. The predicted octanol–water partition coefficient (Wildman–Crippen LogP) is 1.08. The minimum absolute atomic E-state index is 0.130. The zero-order valence-electron chi connectivity index (χ0n) is 9.46. The molecule has 0 fully saturated rings. The highest BCUT2D eigenvalue weighted by Gasteiger charge is 2.10. The van der Waals surface area contributed by atoms with Crippen LogP contribution in [-0.4, -0.2) is 28.2 Å². The number of aliphatic imine (C=N–C) groups is 1. The van der Waals surface area contributed by atoms with Crippen LogP contribution in [0.3, 0.4) is 0 Å². The molecule has 0 aliphatic carbocycles. The van der Waals surface area contributed by atoms with E-state index in [0.717, 1.165) is 16.3 Å². The smallest absolute Gasteiger partial charge is 0.240 e. The fraction of sp³-hybridized carbons (Fsp3) is 0.182. The zero-order chi connectivity index (χ0) is 12.8. The van der Waals surface area contributed by atoms with Crippen molar-refractivity contribution in [3.05, 3.63) is 36.3 Å². The van der Waals surface area contributed by atoms with Gasteiger partial charge in [0.2, 0.25) is 5.91 Å². The van der Waals surface area contributed by atoms with Gasteiger partial charge < -0.3 is 10.0 Å². The second-order valence-corrected chi connectivity index (χ2v) is 4.75. The van der Waals surface area contributed by atoms with E-state index in [4.69, 9.17) is 0 Å². The quantitative estimate of drug-likeness (QED) is 0.725. The van der Waals surface area contributed by atoms with Gasteiger partial charge in [-0.2, -0.15) is 0 Å². The van der Waals surface area contributed by atoms with Crippen LogP contribution >= 0.6 is 24.6 Å². The van der Waals surface area contributed by atoms with Gasteiger partial charge in [0.25, 0.3) is 0 Å². The Labute approximate surface area is 115 Å². The number of nitrogens with zero attached hydrogens (tertiary/aromatic N) is 2. The number of hydrogen-bond donors (Lipinski definition) is 3. The van der Waals surface area contributed by atoms with Crippen molar-refractivity contribution in [1.82, 2.24) is 15.0 Å². The van der Waals surface area contributed by atoms with E-state index in [9.17, 15) is 4.79 Å². The molecule has 5 nitrogen and oxygen atoms in total. The summed E-state index contributed by atoms with van der Waals surface area (Å²) in [6.45, 7) is 0.624. The summed E-state index contributed by atoms with van der Waals surface area (Å²) in [6, 6.07) is 3.83. The second kappa shape index (κ2) is 6.46. The van der Waals surface area contributed by atoms with E-state index in [0.29, 0.717) is 12.3 Å². The molecule has 1 aromatic rings. The third kappa shape index (κ3) is 3.51. The van der Waals surface area contributed by atoms with Gasteiger partial charge in [0, 0.05) is 18.0 Å². The van der Waals surface area contributed by atoms with E-state index in [-0.39, 0.29) is 5.91 Å². The van der Waals surface area contributed by atoms with Gasteiger partial charge in [-0.3, -0.25) is 14.8 Å². The van der Waals surface area contributed by atoms with Crippen LogP contribution in [0.1, 0.15) is 5.56 Å². The third-order valence-electron chi connectivity index (χ3n) is 2.25. The maximum Gasteiger partial charge on any atom is 0.240 e. The molecule has 0 unspecified atom stereocenters. The van der Waals surface area contributed by atoms with Crippen LogP contribution in [0, 0.1) is 0 Å². The van der Waals surface area contributed by atoms with Crippen LogP contribution in [0.25, 0.3) is 5.70 Å². The Morgan fingerprint density at radius 2 is 2.28 bits per heavy atom. The lowest BCUT2D eigenvalue weighted by Crippen LogP contribution is -2.25. The molecule has 2 N–H and O–H groups in total. The van der Waals surface area contributed by atoms with E-state index >= 15 is 0 Å². The number of aromatic nitrogens is 1. The Hall–Kier alpha value is -1.47. The third-order valence-corrected chi connectivity index (χ3v) is 3.49. The van der Waals surface area contributed by atoms with Crippen molar-refractivity contribution >= 4 is 41.2 Å². The molecule has 0 atom stereocenters. The topological polar surface area (TPSA) is 66.4 Å². The van der Waals surface area contributed by atoms with Crippen molar-refractivity contribution in [3.63, 3.8) is 0 Å². The molecule has 18 heavy (non-hydrogen) atoms. The summed E-state index contributed by atoms with van der Waals surface area (Å²) in [5.74, 6) is 0.192. The van der Waals surface area contributed by atoms with Gasteiger partial charge in [0.15, 0.2) is 0 Å². The van der Waals surface area contributed by atoms with Crippen LogP contribution in [0.5, 0.6) is 0 Å². The molecular weight excluding hydrogens is 268 g/mol. The second-order valence-electron chi connectivity index (χ2n) is 3.48. The minimum Gasteiger partial charge on any atom is -0.377 e. The monoisotopic (exact) mass is 280 g/mol. The Morgan fingerprint density at radius 3 is 2.89 bits per heavy atom. The lowest BCUT2D eigenvalue weighted by Gasteiger charge is -2.15. The highest BCUT2D eigenvalue weighted by Crippen LogP contribution is 2.15. The molecule has 2 heterocycles. The number of amides is 1. The maximum absolute atomic E-state index is 11.0. The molecule has 1 aliphatic heterocycles. The highest BCUT2D eigenvalue weighted by atomic mass is 32.2. The first-order chi connectivity index (χ1) is 8.79. The molecule has 1 aromatic heterocycles. The van der Waals surface area contributed by atoms with Crippen LogP contribution < -0.4 is 10.0 Å². The van der Waals surface area contributed by atoms with Gasteiger partial charge >= 0.3 is 0 Å². The lowest BCUT2D eigenvalue weighted by atomic mass is 10.2. The van der Waals surface area contributed by atoms with Crippen LogP contribution in [0.15, 0.2) is 35.7 Å². The number of rotatable bonds is 3. The van der Waals surface area contributed by atoms with E-state index < -0.39 is 0 Å². The summed E-state index contributed by atoms with van der Waals surface area (Å²) in [7, 11) is 0. The number of thioether (sulfide) groups is 1. The Balaban J connectivity index is 1.97. The van der Waals surface area contributed by atoms with Crippen LogP contribution in [-0.2, 0) is 4.79 Å². The SMILES string of the molecule is O=C(CSC1=NC=C(c2ccncc2)NC1)NS. The van der Waals surface area contributed by atoms with E-state index in [2.05, 4.69) is 32.8 Å². The lowest BCUT2D eigenvalue weighted by molar-refractivity contribution is -0.116. The normalized spacial score (nSPS) is 14.3. The van der Waals surface area contributed by atoms with E-state index in [1.165, 1.54) is 11.8 Å². The number of carbonyl (C=O) groups is 1. The van der Waals surface area contributed by atoms with Crippen molar-refractivity contribution < 1.29 is 4.79 Å². The van der Waals surface area contributed by atoms with Gasteiger partial charge in [-0.05, 0) is 12.1 Å². The molecule has 0 aromatic carbocycles. The summed E-state index contributed by atoms with van der Waals surface area (Å²) >= 11 is 5.09. The van der Waals surface area contributed by atoms with Crippen LogP contribution in [0.2, 0.25) is 0 Å². The molecule has 2 rings (SSSR count). The summed E-state index contributed by atoms with van der Waals surface area (Å²) in [4.78, 5) is 19.3. The maximum atomic E-state index is 11.0. The first-order valence-corrected chi connectivity index (χ1v) is 6.69. The molecule has 0 bridgehead atoms. The van der Waals surface area contributed by atoms with Gasteiger partial charge in [-0.25, -0.2) is 0 Å². The Morgan fingerprint density at radius 1 is 1.50 bits per heavy atom. The number of carbonyl (C=O) groups excluding carboxylic acids is 1. The molecule has 7 heteroatoms. The Kier molecular flexibility index (Phi) is 4.66. The number of nitrogens with one attached hydrogen (secondary N) is 2. The van der Waals surface area contributed by atoms with E-state index in [1.807, 2.05) is 12.1 Å². The standard InChI is InChI=1S/C11H12N4OS2/c16-10(15-17)7-18-11-6-13-9(5-14-11)8-1-3-12-4-2-8/h1-5,13,17H,6-7H2,(H,15,16). The average Bonchev–Trinajstić information content (AvgIpc) is 2.46. The molecule has 0 radical (unpaired) electrons. The molecule has 1 aliphatic rings. The van der Waals surface area contributed by atoms with Crippen molar-refractivity contribution in [1.29, 1.82) is 0 Å². The number of pyridine rings is 1. The summed E-state index contributed by atoms with van der Waals surface area (Å²) in [5.41, 5.74) is 2.01. The molecule has 0 saturated carbocycles. The predicted molar refractivity (Wildman–Crippen MR) is 77.2 cm³/mol. The largest absolute Gasteiger partial charge is 0.377 e.